The van der Waals surface area contributed by atoms with Gasteiger partial charge in [-0.3, -0.25) is 29.4 Å². The number of nitrogens with one attached hydrogen (secondary N) is 3. The molecule has 53 heavy (non-hydrogen) atoms. The molecule has 0 radical (unpaired) electrons. The smallest absolute Gasteiger partial charge is 0.419 e. The van der Waals surface area contributed by atoms with E-state index < -0.39 is 53.3 Å². The van der Waals surface area contributed by atoms with Crippen molar-refractivity contribution >= 4 is 46.0 Å². The Balaban J connectivity index is 1.09. The van der Waals surface area contributed by atoms with Crippen LogP contribution in [-0.2, 0) is 15.8 Å². The molecule has 7 rings (SSSR count). The number of methoxy groups -OCH3 is 1. The average molecular weight is 735 g/mol. The molecule has 1 aliphatic carbocycles. The van der Waals surface area contributed by atoms with Crippen LogP contribution in [0, 0.1) is 18.2 Å². The second-order valence-corrected chi connectivity index (χ2v) is 13.5. The van der Waals surface area contributed by atoms with Crippen LogP contribution < -0.4 is 25.4 Å². The number of aromatic nitrogens is 2. The number of imide groups is 2. The normalized spacial score (nSPS) is 18.5. The van der Waals surface area contributed by atoms with Crippen molar-refractivity contribution in [3.05, 3.63) is 82.4 Å². The molecule has 0 spiro atoms. The molecular weight excluding hydrogens is 700 g/mol. The van der Waals surface area contributed by atoms with Gasteiger partial charge in [0.15, 0.2) is 11.5 Å². The lowest BCUT2D eigenvalue weighted by molar-refractivity contribution is -0.140. The number of halogens is 4. The van der Waals surface area contributed by atoms with E-state index in [4.69, 9.17) is 9.47 Å². The molecular formula is C37H34F4N6O6. The summed E-state index contributed by atoms with van der Waals surface area (Å²) < 4.78 is 67.2. The SMILES string of the molecule is COc1cc2nc(C)nc(N[C@H](C)c3cccc(C(F)(F)F)c3F)c2cc1OCC1(CNc2cccc3c2C(=O)N(C2CCC(=O)NC2=O)C3=O)CC1. The van der Waals surface area contributed by atoms with Gasteiger partial charge in [0.2, 0.25) is 11.8 Å². The minimum absolute atomic E-state index is 0.0167. The second kappa shape index (κ2) is 13.3. The van der Waals surface area contributed by atoms with E-state index in [1.54, 1.807) is 31.2 Å². The minimum Gasteiger partial charge on any atom is -0.493 e. The number of carbonyl (C=O) groups is 4. The van der Waals surface area contributed by atoms with Gasteiger partial charge >= 0.3 is 6.18 Å². The van der Waals surface area contributed by atoms with Crippen LogP contribution in [0.5, 0.6) is 11.5 Å². The quantitative estimate of drug-likeness (QED) is 0.125. The Labute approximate surface area is 300 Å². The van der Waals surface area contributed by atoms with E-state index in [1.165, 1.54) is 26.2 Å². The van der Waals surface area contributed by atoms with Gasteiger partial charge < -0.3 is 20.1 Å². The molecule has 3 N–H and O–H groups in total. The summed E-state index contributed by atoms with van der Waals surface area (Å²) in [6, 6.07) is 9.32. The maximum Gasteiger partial charge on any atom is 0.419 e. The zero-order valence-electron chi connectivity index (χ0n) is 28.8. The van der Waals surface area contributed by atoms with Gasteiger partial charge in [0.25, 0.3) is 11.8 Å². The summed E-state index contributed by atoms with van der Waals surface area (Å²) >= 11 is 0. The van der Waals surface area contributed by atoms with E-state index in [-0.39, 0.29) is 47.4 Å². The molecule has 16 heteroatoms. The minimum atomic E-state index is -4.86. The third-order valence-corrected chi connectivity index (χ3v) is 9.86. The van der Waals surface area contributed by atoms with Gasteiger partial charge in [0, 0.05) is 41.1 Å². The first kappa shape index (κ1) is 35.6. The van der Waals surface area contributed by atoms with Crippen LogP contribution in [0.4, 0.5) is 29.1 Å². The lowest BCUT2D eigenvalue weighted by Crippen LogP contribution is -2.54. The molecule has 1 unspecified atom stereocenters. The Bertz CT molecular complexity index is 2190. The van der Waals surface area contributed by atoms with Crippen molar-refractivity contribution in [2.45, 2.75) is 57.8 Å². The third kappa shape index (κ3) is 6.68. The van der Waals surface area contributed by atoms with Gasteiger partial charge in [0.1, 0.15) is 23.5 Å². The largest absolute Gasteiger partial charge is 0.493 e. The molecule has 3 heterocycles. The van der Waals surface area contributed by atoms with E-state index in [0.29, 0.717) is 46.5 Å². The number of hydrogen-bond acceptors (Lipinski definition) is 10. The highest BCUT2D eigenvalue weighted by Gasteiger charge is 2.47. The summed E-state index contributed by atoms with van der Waals surface area (Å²) in [5, 5.41) is 9.02. The van der Waals surface area contributed by atoms with E-state index in [0.717, 1.165) is 23.8 Å². The summed E-state index contributed by atoms with van der Waals surface area (Å²) in [7, 11) is 1.47. The molecule has 12 nitrogen and oxygen atoms in total. The Morgan fingerprint density at radius 1 is 1.04 bits per heavy atom. The van der Waals surface area contributed by atoms with Gasteiger partial charge in [-0.15, -0.1) is 0 Å². The van der Waals surface area contributed by atoms with E-state index in [1.807, 2.05) is 0 Å². The van der Waals surface area contributed by atoms with Gasteiger partial charge in [-0.25, -0.2) is 14.4 Å². The highest BCUT2D eigenvalue weighted by Crippen LogP contribution is 2.47. The van der Waals surface area contributed by atoms with Crippen LogP contribution in [0.15, 0.2) is 48.5 Å². The van der Waals surface area contributed by atoms with Crippen LogP contribution >= 0.6 is 0 Å². The molecule has 4 amide bonds. The van der Waals surface area contributed by atoms with Crippen molar-refractivity contribution in [2.75, 3.05) is 30.9 Å². The molecule has 1 aromatic heterocycles. The maximum atomic E-state index is 15.0. The lowest BCUT2D eigenvalue weighted by Gasteiger charge is -2.27. The Hall–Kier alpha value is -5.80. The van der Waals surface area contributed by atoms with E-state index in [9.17, 15) is 36.7 Å². The van der Waals surface area contributed by atoms with Crippen molar-refractivity contribution in [3.8, 4) is 11.5 Å². The molecule has 1 saturated carbocycles. The van der Waals surface area contributed by atoms with Crippen LogP contribution in [0.3, 0.4) is 0 Å². The van der Waals surface area contributed by atoms with Crippen LogP contribution in [0.2, 0.25) is 0 Å². The number of hydrogen-bond donors (Lipinski definition) is 3. The predicted octanol–water partition coefficient (Wildman–Crippen LogP) is 5.95. The molecule has 4 aromatic rings. The summed E-state index contributed by atoms with van der Waals surface area (Å²) in [4.78, 5) is 60.8. The fourth-order valence-electron chi connectivity index (χ4n) is 6.75. The van der Waals surface area contributed by atoms with Crippen molar-refractivity contribution in [1.82, 2.24) is 20.2 Å². The van der Waals surface area contributed by atoms with Gasteiger partial charge in [-0.05, 0) is 57.4 Å². The first-order chi connectivity index (χ1) is 25.2. The highest BCUT2D eigenvalue weighted by molar-refractivity contribution is 6.25. The van der Waals surface area contributed by atoms with Gasteiger partial charge in [-0.1, -0.05) is 18.2 Å². The molecule has 276 valence electrons. The Kier molecular flexibility index (Phi) is 8.94. The Morgan fingerprint density at radius 3 is 2.49 bits per heavy atom. The number of nitrogens with zero attached hydrogens (tertiary/aromatic N) is 3. The summed E-state index contributed by atoms with van der Waals surface area (Å²) in [6.45, 7) is 3.80. The van der Waals surface area contributed by atoms with Crippen molar-refractivity contribution in [3.63, 3.8) is 0 Å². The molecule has 3 aromatic carbocycles. The molecule has 1 saturated heterocycles. The van der Waals surface area contributed by atoms with Gasteiger partial charge in [0.05, 0.1) is 42.0 Å². The lowest BCUT2D eigenvalue weighted by atomic mass is 10.0. The van der Waals surface area contributed by atoms with Gasteiger partial charge in [-0.2, -0.15) is 13.2 Å². The first-order valence-corrected chi connectivity index (χ1v) is 16.9. The number of ether oxygens (including phenoxy) is 2. The first-order valence-electron chi connectivity index (χ1n) is 16.9. The van der Waals surface area contributed by atoms with Crippen LogP contribution in [0.25, 0.3) is 10.9 Å². The number of rotatable bonds is 11. The second-order valence-electron chi connectivity index (χ2n) is 13.5. The topological polar surface area (TPSA) is 152 Å². The number of fused-ring (bicyclic) bond motifs is 2. The van der Waals surface area contributed by atoms with Crippen molar-refractivity contribution < 1.29 is 46.2 Å². The fraction of sp³-hybridized carbons (Fsp3) is 0.351. The maximum absolute atomic E-state index is 15.0. The number of piperidine rings is 1. The van der Waals surface area contributed by atoms with Crippen molar-refractivity contribution in [1.29, 1.82) is 0 Å². The number of benzene rings is 3. The Morgan fingerprint density at radius 2 is 1.79 bits per heavy atom. The van der Waals surface area contributed by atoms with Crippen LogP contribution in [0.1, 0.15) is 76.3 Å². The summed E-state index contributed by atoms with van der Waals surface area (Å²) in [5.74, 6) is -2.38. The monoisotopic (exact) mass is 734 g/mol. The molecule has 2 aliphatic heterocycles. The fourth-order valence-corrected chi connectivity index (χ4v) is 6.75. The standard InChI is InChI=1S/C37H34F4N6O6/c1-18(20-6-4-8-23(31(20)38)37(39,40)41)43-32-22-14-28(27(52-3)15-25(22)44-19(2)45-32)53-17-36(12-13-36)16-42-24-9-5-7-21-30(24)35(51)47(34(21)50)26-10-11-29(48)46-33(26)49/h4-9,14-15,18,26,42H,10-13,16-17H2,1-3H3,(H,43,44,45)(H,46,48,49)/t18-,26?/m1/s1. The zero-order valence-corrected chi connectivity index (χ0v) is 28.8. The molecule has 3 aliphatic rings. The number of aryl methyl sites for hydroxylation is 1. The number of amides is 4. The van der Waals surface area contributed by atoms with Crippen LogP contribution in [-0.4, -0.2) is 64.8 Å². The highest BCUT2D eigenvalue weighted by atomic mass is 19.4. The molecule has 2 fully saturated rings. The summed E-state index contributed by atoms with van der Waals surface area (Å²) in [6.07, 6.45) is -3.21. The predicted molar refractivity (Wildman–Crippen MR) is 183 cm³/mol. The van der Waals surface area contributed by atoms with E-state index >= 15 is 0 Å². The van der Waals surface area contributed by atoms with Crippen molar-refractivity contribution in [2.24, 2.45) is 5.41 Å². The number of anilines is 2. The molecule has 0 bridgehead atoms. The van der Waals surface area contributed by atoms with E-state index in [2.05, 4.69) is 25.9 Å². The average Bonchev–Trinajstić information content (AvgIpc) is 3.84. The summed E-state index contributed by atoms with van der Waals surface area (Å²) in [5.41, 5.74) is -0.674. The third-order valence-electron chi connectivity index (χ3n) is 9.86. The number of alkyl halides is 3. The number of carbonyl (C=O) groups excluding carboxylic acids is 4. The molecule has 2 atom stereocenters. The zero-order chi connectivity index (χ0) is 37.8.